The van der Waals surface area contributed by atoms with Gasteiger partial charge >= 0.3 is 6.03 Å². The maximum atomic E-state index is 13.2. The van der Waals surface area contributed by atoms with Gasteiger partial charge in [-0.25, -0.2) is 13.6 Å². The Morgan fingerprint density at radius 2 is 1.86 bits per heavy atom. The van der Waals surface area contributed by atoms with Crippen LogP contribution in [0.1, 0.15) is 11.7 Å². The van der Waals surface area contributed by atoms with Crippen molar-refractivity contribution in [1.29, 1.82) is 0 Å². The van der Waals surface area contributed by atoms with Crippen LogP contribution in [0.3, 0.4) is 0 Å². The number of halogens is 3. The Balaban J connectivity index is 1.86. The molecule has 116 valence electrons. The number of benzene rings is 2. The maximum Gasteiger partial charge on any atom is 0.319 e. The summed E-state index contributed by atoms with van der Waals surface area (Å²) in [5.74, 6) is -1.06. The van der Waals surface area contributed by atoms with Crippen molar-refractivity contribution in [2.24, 2.45) is 0 Å². The molecule has 22 heavy (non-hydrogen) atoms. The number of anilines is 1. The van der Waals surface area contributed by atoms with E-state index >= 15 is 0 Å². The molecule has 0 saturated heterocycles. The van der Waals surface area contributed by atoms with Gasteiger partial charge in [-0.05, 0) is 35.9 Å². The zero-order valence-electron chi connectivity index (χ0n) is 11.3. The molecule has 2 aromatic carbocycles. The zero-order chi connectivity index (χ0) is 16.1. The number of carbonyl (C=O) groups is 1. The second kappa shape index (κ2) is 7.20. The Bertz CT molecular complexity index is 665. The van der Waals surface area contributed by atoms with Gasteiger partial charge in [0.1, 0.15) is 11.6 Å². The average molecular weight is 327 g/mol. The van der Waals surface area contributed by atoms with Crippen LogP contribution in [0.15, 0.2) is 42.5 Å². The van der Waals surface area contributed by atoms with Gasteiger partial charge in [0.2, 0.25) is 0 Å². The van der Waals surface area contributed by atoms with E-state index in [0.717, 1.165) is 6.07 Å². The molecule has 0 bridgehead atoms. The summed E-state index contributed by atoms with van der Waals surface area (Å²) in [6.45, 7) is -0.0759. The first-order chi connectivity index (χ1) is 10.5. The summed E-state index contributed by atoms with van der Waals surface area (Å²) in [6.07, 6.45) is -0.978. The van der Waals surface area contributed by atoms with Crippen LogP contribution in [-0.2, 0) is 0 Å². The normalized spacial score (nSPS) is 11.8. The lowest BCUT2D eigenvalue weighted by atomic mass is 10.1. The van der Waals surface area contributed by atoms with Crippen LogP contribution in [-0.4, -0.2) is 17.7 Å². The average Bonchev–Trinajstić information content (AvgIpc) is 2.49. The van der Waals surface area contributed by atoms with Gasteiger partial charge in [-0.1, -0.05) is 23.7 Å². The number of nitrogens with one attached hydrogen (secondary N) is 2. The molecule has 3 N–H and O–H groups in total. The molecule has 0 aliphatic carbocycles. The summed E-state index contributed by atoms with van der Waals surface area (Å²) >= 11 is 5.54. The number of aliphatic hydroxyl groups excluding tert-OH is 1. The van der Waals surface area contributed by atoms with Gasteiger partial charge < -0.3 is 15.7 Å². The molecular weight excluding hydrogens is 314 g/mol. The van der Waals surface area contributed by atoms with E-state index in [2.05, 4.69) is 10.6 Å². The van der Waals surface area contributed by atoms with E-state index in [1.165, 1.54) is 36.4 Å². The second-order valence-electron chi connectivity index (χ2n) is 4.53. The first kappa shape index (κ1) is 16.2. The molecule has 7 heteroatoms. The summed E-state index contributed by atoms with van der Waals surface area (Å²) in [5, 5.41) is 14.7. The predicted molar refractivity (Wildman–Crippen MR) is 79.8 cm³/mol. The third-order valence-electron chi connectivity index (χ3n) is 2.89. The van der Waals surface area contributed by atoms with Crippen LogP contribution in [0.4, 0.5) is 19.3 Å². The largest absolute Gasteiger partial charge is 0.387 e. The topological polar surface area (TPSA) is 61.4 Å². The van der Waals surface area contributed by atoms with Crippen molar-refractivity contribution in [3.8, 4) is 0 Å². The van der Waals surface area contributed by atoms with Crippen molar-refractivity contribution >= 4 is 23.3 Å². The van der Waals surface area contributed by atoms with Crippen molar-refractivity contribution in [2.45, 2.75) is 6.10 Å². The van der Waals surface area contributed by atoms with E-state index < -0.39 is 23.8 Å². The Hall–Kier alpha value is -2.18. The molecule has 4 nitrogen and oxygen atoms in total. The molecule has 0 aliphatic heterocycles. The Morgan fingerprint density at radius 3 is 2.50 bits per heavy atom. The number of urea groups is 1. The Labute approximate surface area is 130 Å². The molecule has 0 saturated carbocycles. The van der Waals surface area contributed by atoms with Gasteiger partial charge in [0.15, 0.2) is 0 Å². The number of carbonyl (C=O) groups excluding carboxylic acids is 1. The summed E-state index contributed by atoms with van der Waals surface area (Å²) in [6, 6.07) is 8.52. The molecule has 0 radical (unpaired) electrons. The molecule has 2 amide bonds. The number of hydrogen-bond acceptors (Lipinski definition) is 2. The minimum absolute atomic E-state index is 0.0438. The second-order valence-corrected chi connectivity index (χ2v) is 4.94. The fourth-order valence-electron chi connectivity index (χ4n) is 1.74. The molecule has 1 atom stereocenters. The van der Waals surface area contributed by atoms with Gasteiger partial charge in [0, 0.05) is 12.2 Å². The molecule has 0 aliphatic rings. The highest BCUT2D eigenvalue weighted by molar-refractivity contribution is 6.30. The van der Waals surface area contributed by atoms with Crippen molar-refractivity contribution in [1.82, 2.24) is 5.32 Å². The highest BCUT2D eigenvalue weighted by atomic mass is 35.5. The zero-order valence-corrected chi connectivity index (χ0v) is 12.1. The quantitative estimate of drug-likeness (QED) is 0.805. The van der Waals surface area contributed by atoms with Crippen molar-refractivity contribution in [2.75, 3.05) is 11.9 Å². The summed E-state index contributed by atoms with van der Waals surface area (Å²) in [5.41, 5.74) is 0.704. The van der Waals surface area contributed by atoms with Crippen molar-refractivity contribution in [3.05, 3.63) is 64.7 Å². The lowest BCUT2D eigenvalue weighted by molar-refractivity contribution is 0.175. The minimum Gasteiger partial charge on any atom is -0.387 e. The molecule has 0 spiro atoms. The number of hydrogen-bond donors (Lipinski definition) is 3. The summed E-state index contributed by atoms with van der Waals surface area (Å²) in [4.78, 5) is 11.6. The maximum absolute atomic E-state index is 13.2. The summed E-state index contributed by atoms with van der Waals surface area (Å²) in [7, 11) is 0. The lowest BCUT2D eigenvalue weighted by Crippen LogP contribution is -2.32. The van der Waals surface area contributed by atoms with Crippen LogP contribution in [0.5, 0.6) is 0 Å². The predicted octanol–water partition coefficient (Wildman–Crippen LogP) is 3.47. The highest BCUT2D eigenvalue weighted by Gasteiger charge is 2.10. The Morgan fingerprint density at radius 1 is 1.18 bits per heavy atom. The molecule has 0 heterocycles. The van der Waals surface area contributed by atoms with E-state index in [9.17, 15) is 18.7 Å². The first-order valence-corrected chi connectivity index (χ1v) is 6.77. The SMILES string of the molecule is O=C(NCC(O)c1ccc(F)cc1)Nc1ccc(Cl)c(F)c1. The standard InChI is InChI=1S/C15H13ClF2N2O2/c16-12-6-5-11(7-13(12)18)20-15(22)19-8-14(21)9-1-3-10(17)4-2-9/h1-7,14,21H,8H2,(H2,19,20,22). The number of aliphatic hydroxyl groups is 1. The fraction of sp³-hybridized carbons (Fsp3) is 0.133. The summed E-state index contributed by atoms with van der Waals surface area (Å²) < 4.78 is 26.0. The van der Waals surface area contributed by atoms with E-state index in [1.54, 1.807) is 0 Å². The monoisotopic (exact) mass is 326 g/mol. The van der Waals surface area contributed by atoms with Crippen LogP contribution in [0, 0.1) is 11.6 Å². The van der Waals surface area contributed by atoms with Crippen LogP contribution < -0.4 is 10.6 Å². The van der Waals surface area contributed by atoms with E-state index in [1.807, 2.05) is 0 Å². The van der Waals surface area contributed by atoms with Gasteiger partial charge in [-0.2, -0.15) is 0 Å². The van der Waals surface area contributed by atoms with Gasteiger partial charge in [0.05, 0.1) is 11.1 Å². The molecule has 2 rings (SSSR count). The fourth-order valence-corrected chi connectivity index (χ4v) is 1.86. The molecule has 0 aromatic heterocycles. The van der Waals surface area contributed by atoms with Crippen molar-refractivity contribution < 1.29 is 18.7 Å². The van der Waals surface area contributed by atoms with E-state index in [0.29, 0.717) is 5.56 Å². The van der Waals surface area contributed by atoms with Gasteiger partial charge in [0.25, 0.3) is 0 Å². The highest BCUT2D eigenvalue weighted by Crippen LogP contribution is 2.18. The van der Waals surface area contributed by atoms with E-state index in [4.69, 9.17) is 11.6 Å². The molecule has 1 unspecified atom stereocenters. The van der Waals surface area contributed by atoms with Gasteiger partial charge in [-0.15, -0.1) is 0 Å². The number of amides is 2. The van der Waals surface area contributed by atoms with Crippen LogP contribution in [0.25, 0.3) is 0 Å². The molecule has 0 fully saturated rings. The lowest BCUT2D eigenvalue weighted by Gasteiger charge is -2.13. The third-order valence-corrected chi connectivity index (χ3v) is 3.19. The smallest absolute Gasteiger partial charge is 0.319 e. The molecular formula is C15H13ClF2N2O2. The third kappa shape index (κ3) is 4.41. The first-order valence-electron chi connectivity index (χ1n) is 6.39. The molecule has 2 aromatic rings. The van der Waals surface area contributed by atoms with Crippen molar-refractivity contribution in [3.63, 3.8) is 0 Å². The van der Waals surface area contributed by atoms with Gasteiger partial charge in [-0.3, -0.25) is 0 Å². The Kier molecular flexibility index (Phi) is 5.30. The number of rotatable bonds is 4. The van der Waals surface area contributed by atoms with E-state index in [-0.39, 0.29) is 17.3 Å². The van der Waals surface area contributed by atoms with Crippen LogP contribution >= 0.6 is 11.6 Å². The van der Waals surface area contributed by atoms with Crippen LogP contribution in [0.2, 0.25) is 5.02 Å². The minimum atomic E-state index is -0.978.